The van der Waals surface area contributed by atoms with Gasteiger partial charge in [-0.3, -0.25) is 19.4 Å². The number of hydrogen-bond donors (Lipinski definition) is 2. The van der Waals surface area contributed by atoms with Crippen LogP contribution in [0.15, 0.2) is 58.5 Å². The molecule has 0 fully saturated rings. The van der Waals surface area contributed by atoms with E-state index in [0.717, 1.165) is 18.4 Å². The second-order valence-corrected chi connectivity index (χ2v) is 10.1. The first-order valence-corrected chi connectivity index (χ1v) is 13.3. The number of halogens is 1. The predicted molar refractivity (Wildman–Crippen MR) is 145 cm³/mol. The van der Waals surface area contributed by atoms with Gasteiger partial charge in [-0.05, 0) is 49.2 Å². The van der Waals surface area contributed by atoms with Gasteiger partial charge in [0.05, 0.1) is 17.4 Å². The van der Waals surface area contributed by atoms with E-state index in [9.17, 15) is 14.4 Å². The Morgan fingerprint density at radius 2 is 1.89 bits per heavy atom. The number of amides is 3. The van der Waals surface area contributed by atoms with E-state index in [1.54, 1.807) is 24.3 Å². The third-order valence-electron chi connectivity index (χ3n) is 5.80. The average Bonchev–Trinajstić information content (AvgIpc) is 3.20. The Kier molecular flexibility index (Phi) is 8.43. The topological polar surface area (TPSA) is 103 Å². The number of aliphatic imine (C=N–C) groups is 2. The zero-order valence-corrected chi connectivity index (χ0v) is 21.7. The van der Waals surface area contributed by atoms with E-state index in [-0.39, 0.29) is 24.1 Å². The Bertz CT molecular complexity index is 1210. The number of nitrogens with zero attached hydrogens (tertiary/aromatic N) is 3. The fourth-order valence-electron chi connectivity index (χ4n) is 3.87. The maximum atomic E-state index is 13.4. The molecule has 0 aromatic heterocycles. The van der Waals surface area contributed by atoms with Crippen molar-refractivity contribution >= 4 is 63.5 Å². The van der Waals surface area contributed by atoms with Crippen molar-refractivity contribution in [2.75, 3.05) is 11.9 Å². The fraction of sp³-hybridized carbons (Fsp3) is 0.346. The van der Waals surface area contributed by atoms with E-state index < -0.39 is 11.3 Å². The third kappa shape index (κ3) is 5.79. The van der Waals surface area contributed by atoms with Gasteiger partial charge in [-0.2, -0.15) is 0 Å². The lowest BCUT2D eigenvalue weighted by atomic mass is 10.1. The number of unbranched alkanes of at least 4 members (excludes halogenated alkanes) is 1. The molecule has 0 bridgehead atoms. The Labute approximate surface area is 219 Å². The van der Waals surface area contributed by atoms with Gasteiger partial charge in [0, 0.05) is 22.8 Å². The summed E-state index contributed by atoms with van der Waals surface area (Å²) in [5.41, 5.74) is 2.03. The summed E-state index contributed by atoms with van der Waals surface area (Å²) in [6, 6.07) is 13.5. The molecule has 2 N–H and O–H groups in total. The highest BCUT2D eigenvalue weighted by atomic mass is 35.5. The maximum absolute atomic E-state index is 13.4. The van der Waals surface area contributed by atoms with Gasteiger partial charge in [-0.1, -0.05) is 55.8 Å². The Balaban J connectivity index is 1.55. The van der Waals surface area contributed by atoms with Crippen LogP contribution < -0.4 is 10.6 Å². The van der Waals surface area contributed by atoms with Crippen LogP contribution in [0.5, 0.6) is 0 Å². The number of anilines is 1. The van der Waals surface area contributed by atoms with Crippen molar-refractivity contribution in [1.82, 2.24) is 10.2 Å². The number of carbonyl (C=O) groups excluding carboxylic acids is 3. The molecule has 2 aromatic rings. The highest BCUT2D eigenvalue weighted by molar-refractivity contribution is 8.15. The first-order chi connectivity index (χ1) is 17.4. The van der Waals surface area contributed by atoms with Gasteiger partial charge >= 0.3 is 0 Å². The Hall–Kier alpha value is -3.17. The van der Waals surface area contributed by atoms with Crippen molar-refractivity contribution in [3.05, 3.63) is 59.1 Å². The lowest BCUT2D eigenvalue weighted by molar-refractivity contribution is -0.128. The summed E-state index contributed by atoms with van der Waals surface area (Å²) in [6.07, 6.45) is 2.33. The summed E-state index contributed by atoms with van der Waals surface area (Å²) in [5.74, 6) is -0.264. The summed E-state index contributed by atoms with van der Waals surface area (Å²) in [7, 11) is 0. The zero-order chi connectivity index (χ0) is 25.7. The van der Waals surface area contributed by atoms with Crippen molar-refractivity contribution in [2.45, 2.75) is 50.8 Å². The van der Waals surface area contributed by atoms with Gasteiger partial charge < -0.3 is 10.6 Å². The number of carbonyl (C=O) groups is 3. The van der Waals surface area contributed by atoms with Gasteiger partial charge in [0.25, 0.3) is 5.91 Å². The molecule has 0 radical (unpaired) electrons. The van der Waals surface area contributed by atoms with Gasteiger partial charge in [0.1, 0.15) is 11.9 Å². The summed E-state index contributed by atoms with van der Waals surface area (Å²) in [4.78, 5) is 49.7. The smallest absolute Gasteiger partial charge is 0.259 e. The molecule has 2 aliphatic heterocycles. The first-order valence-electron chi connectivity index (χ1n) is 12.0. The fourth-order valence-corrected chi connectivity index (χ4v) is 5.02. The monoisotopic (exact) mass is 525 g/mol. The van der Waals surface area contributed by atoms with Crippen LogP contribution in [0.3, 0.4) is 0 Å². The van der Waals surface area contributed by atoms with Gasteiger partial charge in [0.2, 0.25) is 11.8 Å². The summed E-state index contributed by atoms with van der Waals surface area (Å²) in [6.45, 7) is 4.52. The molecule has 8 nitrogen and oxygen atoms in total. The van der Waals surface area contributed by atoms with Crippen LogP contribution in [-0.4, -0.2) is 51.5 Å². The molecular formula is C26H28ClN5O3S. The van der Waals surface area contributed by atoms with E-state index in [1.807, 2.05) is 38.1 Å². The number of benzene rings is 2. The molecule has 188 valence electrons. The van der Waals surface area contributed by atoms with Gasteiger partial charge in [0.15, 0.2) is 5.17 Å². The van der Waals surface area contributed by atoms with Crippen LogP contribution in [0, 0.1) is 0 Å². The number of rotatable bonds is 9. The molecule has 0 saturated heterocycles. The number of para-hydroxylation sites is 1. The molecule has 3 amide bonds. The van der Waals surface area contributed by atoms with Gasteiger partial charge in [-0.25, -0.2) is 9.89 Å². The van der Waals surface area contributed by atoms with Crippen LogP contribution in [0.4, 0.5) is 11.4 Å². The highest BCUT2D eigenvalue weighted by Crippen LogP contribution is 2.35. The molecule has 2 heterocycles. The molecule has 2 aliphatic rings. The predicted octanol–water partition coefficient (Wildman–Crippen LogP) is 4.76. The summed E-state index contributed by atoms with van der Waals surface area (Å²) >= 11 is 7.16. The minimum atomic E-state index is -0.832. The molecule has 0 saturated carbocycles. The summed E-state index contributed by atoms with van der Waals surface area (Å²) in [5, 5.41) is 6.20. The second kappa shape index (κ2) is 11.7. The molecule has 2 aromatic carbocycles. The molecule has 0 spiro atoms. The Morgan fingerprint density at radius 3 is 2.61 bits per heavy atom. The largest absolute Gasteiger partial charge is 0.356 e. The second-order valence-electron chi connectivity index (χ2n) is 8.47. The minimum absolute atomic E-state index is 0.0308. The van der Waals surface area contributed by atoms with Crippen molar-refractivity contribution < 1.29 is 14.4 Å². The van der Waals surface area contributed by atoms with Crippen LogP contribution in [0.1, 0.15) is 45.1 Å². The molecule has 2 atom stereocenters. The number of fused-ring (bicyclic) bond motifs is 3. The number of amidine groups is 2. The lowest BCUT2D eigenvalue weighted by Crippen LogP contribution is -2.43. The van der Waals surface area contributed by atoms with Crippen molar-refractivity contribution in [3.8, 4) is 0 Å². The molecule has 0 aliphatic carbocycles. The quantitative estimate of drug-likeness (QED) is 0.461. The summed E-state index contributed by atoms with van der Waals surface area (Å²) < 4.78 is 0. The lowest BCUT2D eigenvalue weighted by Gasteiger charge is -2.27. The van der Waals surface area contributed by atoms with E-state index >= 15 is 0 Å². The maximum Gasteiger partial charge on any atom is 0.259 e. The molecule has 36 heavy (non-hydrogen) atoms. The van der Waals surface area contributed by atoms with Crippen LogP contribution in [0.2, 0.25) is 5.02 Å². The molecule has 4 rings (SSSR count). The van der Waals surface area contributed by atoms with E-state index in [1.165, 1.54) is 16.7 Å². The van der Waals surface area contributed by atoms with Crippen molar-refractivity contribution in [2.24, 2.45) is 9.98 Å². The minimum Gasteiger partial charge on any atom is -0.356 e. The van der Waals surface area contributed by atoms with Crippen LogP contribution in [0.25, 0.3) is 0 Å². The third-order valence-corrected chi connectivity index (χ3v) is 7.37. The molecular weight excluding hydrogens is 498 g/mol. The molecule has 2 unspecified atom stereocenters. The SMILES string of the molecule is CCCCNC(=O)CC1N=C2c3ccccc3N=C(SC(CC)C(=O)Nc3ccc(Cl)cc3)N2C1=O. The van der Waals surface area contributed by atoms with E-state index in [0.29, 0.717) is 40.4 Å². The van der Waals surface area contributed by atoms with E-state index in [2.05, 4.69) is 15.6 Å². The number of thioether (sulfide) groups is 1. The normalized spacial score (nSPS) is 17.0. The standard InChI is InChI=1S/C26H28ClN5O3S/c1-3-5-14-28-22(33)15-20-25(35)32-23(30-20)18-8-6-7-9-19(18)31-26(32)36-21(4-2)24(34)29-17-12-10-16(27)11-13-17/h6-13,20-21H,3-5,14-15H2,1-2H3,(H,28,33)(H,29,34). The highest BCUT2D eigenvalue weighted by Gasteiger charge is 2.43. The van der Waals surface area contributed by atoms with Gasteiger partial charge in [-0.15, -0.1) is 0 Å². The van der Waals surface area contributed by atoms with E-state index in [4.69, 9.17) is 16.6 Å². The zero-order valence-electron chi connectivity index (χ0n) is 20.2. The first kappa shape index (κ1) is 25.9. The molecule has 10 heteroatoms. The average molecular weight is 526 g/mol. The Morgan fingerprint density at radius 1 is 1.14 bits per heavy atom. The van der Waals surface area contributed by atoms with Crippen molar-refractivity contribution in [1.29, 1.82) is 0 Å². The number of nitrogens with one attached hydrogen (secondary N) is 2. The number of hydrogen-bond acceptors (Lipinski definition) is 6. The van der Waals surface area contributed by atoms with Crippen LogP contribution >= 0.6 is 23.4 Å². The van der Waals surface area contributed by atoms with Crippen molar-refractivity contribution in [3.63, 3.8) is 0 Å². The van der Waals surface area contributed by atoms with Crippen LogP contribution in [-0.2, 0) is 14.4 Å².